The molecule has 0 fully saturated rings. The zero-order valence-electron chi connectivity index (χ0n) is 12.4. The first kappa shape index (κ1) is 12.9. The van der Waals surface area contributed by atoms with Crippen LogP contribution in [0, 0.1) is 11.3 Å². The van der Waals surface area contributed by atoms with Crippen LogP contribution in [0.1, 0.15) is 5.56 Å². The number of nitrogens with zero attached hydrogens (tertiary/aromatic N) is 3. The first-order valence-corrected chi connectivity index (χ1v) is 7.41. The van der Waals surface area contributed by atoms with Gasteiger partial charge in [0, 0.05) is 12.1 Å². The van der Waals surface area contributed by atoms with Crippen LogP contribution in [-0.2, 0) is 0 Å². The van der Waals surface area contributed by atoms with Crippen LogP contribution in [-0.4, -0.2) is 0 Å². The van der Waals surface area contributed by atoms with Crippen molar-refractivity contribution in [3.8, 4) is 29.1 Å². The Morgan fingerprint density at radius 3 is 2.29 bits per heavy atom. The van der Waals surface area contributed by atoms with Gasteiger partial charge in [-0.3, -0.25) is 0 Å². The number of ether oxygens (including phenoxy) is 2. The van der Waals surface area contributed by atoms with Gasteiger partial charge in [-0.2, -0.15) is 5.26 Å². The van der Waals surface area contributed by atoms with Gasteiger partial charge in [-0.1, -0.05) is 18.2 Å². The highest BCUT2D eigenvalue weighted by atomic mass is 16.5. The topological polar surface area (TPSA) is 67.0 Å². The third kappa shape index (κ3) is 1.80. The van der Waals surface area contributed by atoms with Crippen molar-refractivity contribution in [1.29, 1.82) is 5.26 Å². The smallest absolute Gasteiger partial charge is 0.155 e. The molecule has 0 saturated heterocycles. The minimum absolute atomic E-state index is 0.479. The molecule has 3 aromatic rings. The Labute approximate surface area is 136 Å². The van der Waals surface area contributed by atoms with Crippen molar-refractivity contribution in [3.63, 3.8) is 0 Å². The predicted octanol–water partition coefficient (Wildman–Crippen LogP) is 3.67. The van der Waals surface area contributed by atoms with Crippen LogP contribution < -0.4 is 20.2 Å². The monoisotopic (exact) mass is 311 g/mol. The van der Waals surface area contributed by atoms with Gasteiger partial charge in [-0.05, 0) is 24.3 Å². The van der Waals surface area contributed by atoms with E-state index < -0.39 is 0 Å². The van der Waals surface area contributed by atoms with E-state index in [-0.39, 0.29) is 0 Å². The molecule has 0 aliphatic carbocycles. The fourth-order valence-corrected chi connectivity index (χ4v) is 2.81. The van der Waals surface area contributed by atoms with Gasteiger partial charge in [0.25, 0.3) is 0 Å². The van der Waals surface area contributed by atoms with Crippen molar-refractivity contribution in [2.75, 3.05) is 0 Å². The minimum Gasteiger partial charge on any atom is -0.453 e. The molecule has 0 N–H and O–H groups in total. The molecule has 0 atom stereocenters. The second-order valence-electron chi connectivity index (χ2n) is 5.45. The van der Waals surface area contributed by atoms with E-state index in [1.54, 1.807) is 24.3 Å². The van der Waals surface area contributed by atoms with E-state index in [2.05, 4.69) is 16.1 Å². The van der Waals surface area contributed by atoms with E-state index in [4.69, 9.17) is 9.47 Å². The van der Waals surface area contributed by atoms with Crippen molar-refractivity contribution >= 4 is 11.4 Å². The standard InChI is InChI=1S/C19H9N3O2/c20-10-11-4-3-7-16-19(11)22-14-9-17-13(8-18(14)24-16)21-12-5-1-2-6-15(12)23-17/h1-9H. The summed E-state index contributed by atoms with van der Waals surface area (Å²) in [5.74, 6) is 2.50. The Morgan fingerprint density at radius 2 is 1.46 bits per heavy atom. The maximum atomic E-state index is 9.24. The molecule has 112 valence electrons. The van der Waals surface area contributed by atoms with Crippen LogP contribution >= 0.6 is 0 Å². The maximum Gasteiger partial charge on any atom is 0.155 e. The molecule has 2 aliphatic heterocycles. The SMILES string of the molecule is N#Cc1cccc2c1N=c1cc3c(cc1O2)=Nc1ccccc1O3. The van der Waals surface area contributed by atoms with E-state index in [0.29, 0.717) is 45.0 Å². The summed E-state index contributed by atoms with van der Waals surface area (Å²) in [5, 5.41) is 10.6. The summed E-state index contributed by atoms with van der Waals surface area (Å²) in [7, 11) is 0. The molecule has 5 rings (SSSR count). The molecule has 0 radical (unpaired) electrons. The molecule has 0 unspecified atom stereocenters. The fourth-order valence-electron chi connectivity index (χ4n) is 2.81. The fraction of sp³-hybridized carbons (Fsp3) is 0. The first-order chi connectivity index (χ1) is 11.8. The summed E-state index contributed by atoms with van der Waals surface area (Å²) >= 11 is 0. The molecule has 5 heteroatoms. The zero-order valence-corrected chi connectivity index (χ0v) is 12.4. The molecule has 24 heavy (non-hydrogen) atoms. The third-order valence-corrected chi connectivity index (χ3v) is 3.94. The second kappa shape index (κ2) is 4.67. The summed E-state index contributed by atoms with van der Waals surface area (Å²) in [6.07, 6.45) is 0. The van der Waals surface area contributed by atoms with Crippen molar-refractivity contribution in [3.05, 3.63) is 70.9 Å². The number of benzene rings is 3. The number of rotatable bonds is 0. The molecular formula is C19H9N3O2. The normalized spacial score (nSPS) is 12.6. The lowest BCUT2D eigenvalue weighted by atomic mass is 10.1. The molecule has 0 saturated carbocycles. The Hall–Kier alpha value is -3.65. The van der Waals surface area contributed by atoms with Crippen molar-refractivity contribution < 1.29 is 9.47 Å². The van der Waals surface area contributed by atoms with Crippen molar-refractivity contribution in [1.82, 2.24) is 0 Å². The summed E-state index contributed by atoms with van der Waals surface area (Å²) in [6, 6.07) is 18.6. The van der Waals surface area contributed by atoms with Gasteiger partial charge in [0.1, 0.15) is 28.2 Å². The lowest BCUT2D eigenvalue weighted by Crippen LogP contribution is -2.18. The lowest BCUT2D eigenvalue weighted by molar-refractivity contribution is 0.450. The maximum absolute atomic E-state index is 9.24. The van der Waals surface area contributed by atoms with Crippen molar-refractivity contribution in [2.24, 2.45) is 9.98 Å². The van der Waals surface area contributed by atoms with Gasteiger partial charge in [-0.25, -0.2) is 9.98 Å². The molecule has 0 amide bonds. The van der Waals surface area contributed by atoms with Crippen LogP contribution in [0.15, 0.2) is 64.6 Å². The lowest BCUT2D eigenvalue weighted by Gasteiger charge is -2.18. The first-order valence-electron chi connectivity index (χ1n) is 7.41. The second-order valence-corrected chi connectivity index (χ2v) is 5.45. The predicted molar refractivity (Wildman–Crippen MR) is 85.8 cm³/mol. The number of nitriles is 1. The number of hydrogen-bond donors (Lipinski definition) is 0. The summed E-state index contributed by atoms with van der Waals surface area (Å²) < 4.78 is 11.8. The Kier molecular flexibility index (Phi) is 2.50. The molecule has 2 aliphatic rings. The van der Waals surface area contributed by atoms with Crippen LogP contribution in [0.5, 0.6) is 23.0 Å². The molecule has 0 bridgehead atoms. The van der Waals surface area contributed by atoms with E-state index in [0.717, 1.165) is 5.69 Å². The minimum atomic E-state index is 0.479. The zero-order chi connectivity index (χ0) is 16.1. The highest BCUT2D eigenvalue weighted by Gasteiger charge is 2.19. The third-order valence-electron chi connectivity index (χ3n) is 3.94. The van der Waals surface area contributed by atoms with E-state index in [1.165, 1.54) is 0 Å². The van der Waals surface area contributed by atoms with Gasteiger partial charge < -0.3 is 9.47 Å². The highest BCUT2D eigenvalue weighted by molar-refractivity contribution is 5.65. The highest BCUT2D eigenvalue weighted by Crippen LogP contribution is 2.38. The summed E-state index contributed by atoms with van der Waals surface area (Å²) in [5.41, 5.74) is 1.80. The largest absolute Gasteiger partial charge is 0.453 e. The van der Waals surface area contributed by atoms with E-state index >= 15 is 0 Å². The van der Waals surface area contributed by atoms with Crippen LogP contribution in [0.4, 0.5) is 11.4 Å². The van der Waals surface area contributed by atoms with Crippen molar-refractivity contribution in [2.45, 2.75) is 0 Å². The number of para-hydroxylation sites is 3. The van der Waals surface area contributed by atoms with Gasteiger partial charge in [0.2, 0.25) is 0 Å². The van der Waals surface area contributed by atoms with Gasteiger partial charge in [-0.15, -0.1) is 0 Å². The Bertz CT molecular complexity index is 1180. The average Bonchev–Trinajstić information content (AvgIpc) is 2.62. The number of hydrogen-bond acceptors (Lipinski definition) is 5. The molecular weight excluding hydrogens is 302 g/mol. The van der Waals surface area contributed by atoms with Crippen LogP contribution in [0.25, 0.3) is 0 Å². The Balaban J connectivity index is 1.76. The quantitative estimate of drug-likeness (QED) is 0.438. The van der Waals surface area contributed by atoms with Gasteiger partial charge in [0.15, 0.2) is 23.0 Å². The molecule has 3 aromatic carbocycles. The van der Waals surface area contributed by atoms with Crippen LogP contribution in [0.3, 0.4) is 0 Å². The van der Waals surface area contributed by atoms with Gasteiger partial charge >= 0.3 is 0 Å². The van der Waals surface area contributed by atoms with Gasteiger partial charge in [0.05, 0.1) is 5.56 Å². The Morgan fingerprint density at radius 1 is 0.750 bits per heavy atom. The molecule has 0 spiro atoms. The molecule has 5 nitrogen and oxygen atoms in total. The molecule has 2 heterocycles. The summed E-state index contributed by atoms with van der Waals surface area (Å²) in [4.78, 5) is 9.18. The van der Waals surface area contributed by atoms with Crippen LogP contribution in [0.2, 0.25) is 0 Å². The molecule has 0 aromatic heterocycles. The van der Waals surface area contributed by atoms with E-state index in [1.807, 2.05) is 30.3 Å². The number of fused-ring (bicyclic) bond motifs is 4. The average molecular weight is 311 g/mol. The summed E-state index contributed by atoms with van der Waals surface area (Å²) in [6.45, 7) is 0. The van der Waals surface area contributed by atoms with E-state index in [9.17, 15) is 5.26 Å².